The van der Waals surface area contributed by atoms with Crippen molar-refractivity contribution < 1.29 is 43.2 Å². The van der Waals surface area contributed by atoms with Crippen molar-refractivity contribution >= 4 is 62.6 Å². The van der Waals surface area contributed by atoms with Gasteiger partial charge in [-0.3, -0.25) is 24.1 Å². The predicted octanol–water partition coefficient (Wildman–Crippen LogP) is 8.13. The van der Waals surface area contributed by atoms with Crippen molar-refractivity contribution in [2.45, 2.75) is 130 Å². The maximum Gasteiger partial charge on any atom is 0.310 e. The Morgan fingerprint density at radius 1 is 1.02 bits per heavy atom. The monoisotopic (exact) mass is 921 g/mol. The number of ketones is 1. The van der Waals surface area contributed by atoms with Gasteiger partial charge in [-0.2, -0.15) is 0 Å². The van der Waals surface area contributed by atoms with Crippen molar-refractivity contribution in [2.75, 3.05) is 45.2 Å². The van der Waals surface area contributed by atoms with Crippen LogP contribution in [0, 0.1) is 34.5 Å². The quantitative estimate of drug-likeness (QED) is 0.111. The number of carbonyl (C=O) groups is 4. The van der Waals surface area contributed by atoms with E-state index in [9.17, 15) is 24.3 Å². The van der Waals surface area contributed by atoms with E-state index in [1.54, 1.807) is 18.1 Å². The zero-order chi connectivity index (χ0) is 45.7. The Kier molecular flexibility index (Phi) is 13.6. The Balaban J connectivity index is 1.09. The number of aromatic nitrogens is 2. The average molecular weight is 923 g/mol. The summed E-state index contributed by atoms with van der Waals surface area (Å²) < 4.78 is 24.6. The number of hydrogen-bond acceptors (Lipinski definition) is 13. The molecule has 3 aromatic rings. The number of thiazole rings is 1. The molecule has 9 atom stereocenters. The van der Waals surface area contributed by atoms with Crippen molar-refractivity contribution in [1.29, 1.82) is 0 Å². The molecule has 2 N–H and O–H groups in total. The first-order valence-electron chi connectivity index (χ1n) is 23.1. The Morgan fingerprint density at radius 2 is 1.78 bits per heavy atom. The van der Waals surface area contributed by atoms with E-state index in [0.717, 1.165) is 37.5 Å². The number of nitrogens with one attached hydrogen (secondary N) is 1. The highest BCUT2D eigenvalue weighted by Gasteiger charge is 2.61. The molecule has 14 nitrogen and oxygen atoms in total. The maximum absolute atomic E-state index is 14.9. The van der Waals surface area contributed by atoms with Gasteiger partial charge in [0.1, 0.15) is 41.0 Å². The van der Waals surface area contributed by atoms with Crippen molar-refractivity contribution in [3.63, 3.8) is 0 Å². The molecule has 3 aliphatic carbocycles. The highest BCUT2D eigenvalue weighted by Crippen LogP contribution is 2.58. The molecule has 0 bridgehead atoms. The maximum atomic E-state index is 14.9. The second-order valence-corrected chi connectivity index (χ2v) is 21.5. The van der Waals surface area contributed by atoms with Crippen LogP contribution in [0.25, 0.3) is 22.3 Å². The number of ether oxygens (including phenoxy) is 4. The minimum absolute atomic E-state index is 0.0494. The van der Waals surface area contributed by atoms with Crippen LogP contribution < -0.4 is 14.8 Å². The summed E-state index contributed by atoms with van der Waals surface area (Å²) in [6.07, 6.45) is 4.22. The lowest BCUT2D eigenvalue weighted by atomic mass is 9.77. The second kappa shape index (κ2) is 18.7. The molecule has 16 heteroatoms. The molecule has 0 radical (unpaired) electrons. The average Bonchev–Trinajstić information content (AvgIpc) is 3.72. The van der Waals surface area contributed by atoms with Gasteiger partial charge in [0.05, 0.1) is 47.7 Å². The first-order valence-corrected chi connectivity index (χ1v) is 24.4. The fourth-order valence-electron chi connectivity index (χ4n) is 10.4. The summed E-state index contributed by atoms with van der Waals surface area (Å²) in [5, 5.41) is 17.3. The molecule has 1 unspecified atom stereocenters. The number of halogens is 1. The van der Waals surface area contributed by atoms with Gasteiger partial charge >= 0.3 is 11.9 Å². The number of nitrogens with zero attached hydrogens (tertiary/aromatic N) is 4. The number of Topliss-reactive ketones (excluding diaryl/α,β-unsaturated/α-hetero) is 1. The number of esters is 1. The number of carbonyl (C=O) groups excluding carboxylic acids is 3. The number of benzene rings is 1. The molecule has 5 aliphatic rings. The van der Waals surface area contributed by atoms with Crippen molar-refractivity contribution in [2.24, 2.45) is 34.5 Å². The highest BCUT2D eigenvalue weighted by molar-refractivity contribution is 7.14. The normalized spacial score (nSPS) is 28.0. The second-order valence-electron chi connectivity index (χ2n) is 20.3. The number of carboxylic acid groups (broad SMARTS) is 1. The molecule has 2 aromatic heterocycles. The third-order valence-electron chi connectivity index (χ3n) is 14.3. The van der Waals surface area contributed by atoms with Gasteiger partial charge in [0.2, 0.25) is 5.91 Å². The molecule has 348 valence electrons. The van der Waals surface area contributed by atoms with Gasteiger partial charge in [0.15, 0.2) is 10.9 Å². The Bertz CT molecular complexity index is 2240. The van der Waals surface area contributed by atoms with E-state index in [1.165, 1.54) is 17.8 Å². The van der Waals surface area contributed by atoms with Gasteiger partial charge in [-0.25, -0.2) is 9.97 Å². The molecule has 4 heterocycles. The summed E-state index contributed by atoms with van der Waals surface area (Å²) in [6.45, 7) is 14.7. The standard InChI is InChI=1S/C48H64ClN5O9S/c1-8-29-21-48(29,45(58)59)22-38(55)37-18-32(24-54(37)44(57)34(47(4,5)6)19-41(56)63-31-16-27-15-28(27)17-31)62-40-20-35(36-25-64-46(52-36)50-26(2)3)51-43-33(40)9-10-39(42(43)49)61-14-13-53-12-11-30(23-53)60-7/h9-10,20,25-32,34,37H,8,11-19,21-24H2,1-7H3,(H,50,52)(H,58,59)/t27-,28+,29-,30-,31?,32-,34-,37+,48-/m1/s1. The van der Waals surface area contributed by atoms with Gasteiger partial charge in [-0.1, -0.05) is 45.7 Å². The van der Waals surface area contributed by atoms with Gasteiger partial charge in [-0.15, -0.1) is 11.3 Å². The van der Waals surface area contributed by atoms with Crippen LogP contribution in [0.2, 0.25) is 5.02 Å². The third-order valence-corrected chi connectivity index (χ3v) is 15.5. The minimum atomic E-state index is -1.15. The largest absolute Gasteiger partial charge is 0.491 e. The van der Waals surface area contributed by atoms with Crippen LogP contribution in [0.5, 0.6) is 11.5 Å². The molecule has 1 aromatic carbocycles. The molecule has 1 amide bonds. The fourth-order valence-corrected chi connectivity index (χ4v) is 11.5. The van der Waals surface area contributed by atoms with Crippen molar-refractivity contribution in [3.8, 4) is 22.9 Å². The van der Waals surface area contributed by atoms with Crippen molar-refractivity contribution in [3.05, 3.63) is 28.6 Å². The predicted molar refractivity (Wildman–Crippen MR) is 245 cm³/mol. The molecule has 2 aliphatic heterocycles. The van der Waals surface area contributed by atoms with Gasteiger partial charge in [-0.05, 0) is 81.3 Å². The zero-order valence-corrected chi connectivity index (χ0v) is 39.8. The number of aliphatic carboxylic acids is 1. The van der Waals surface area contributed by atoms with Crippen LogP contribution in [0.1, 0.15) is 99.3 Å². The number of fused-ring (bicyclic) bond motifs is 2. The van der Waals surface area contributed by atoms with Crippen LogP contribution >= 0.6 is 22.9 Å². The summed E-state index contributed by atoms with van der Waals surface area (Å²) >= 11 is 8.60. The van der Waals surface area contributed by atoms with E-state index in [2.05, 4.69) is 10.2 Å². The Hall–Kier alpha value is -4.05. The molecule has 0 spiro atoms. The molecule has 3 saturated carbocycles. The summed E-state index contributed by atoms with van der Waals surface area (Å²) in [7, 11) is 1.74. The number of carboxylic acids is 1. The number of pyridine rings is 1. The van der Waals surface area contributed by atoms with E-state index in [1.807, 2.05) is 59.1 Å². The van der Waals surface area contributed by atoms with Gasteiger partial charge in [0.25, 0.3) is 0 Å². The Morgan fingerprint density at radius 3 is 2.44 bits per heavy atom. The topological polar surface area (TPSA) is 170 Å². The van der Waals surface area contributed by atoms with E-state index in [0.29, 0.717) is 76.6 Å². The first-order chi connectivity index (χ1) is 30.5. The molecular formula is C48H64ClN5O9S. The summed E-state index contributed by atoms with van der Waals surface area (Å²) in [4.78, 5) is 69.2. The summed E-state index contributed by atoms with van der Waals surface area (Å²) in [6, 6.07) is 4.68. The van der Waals surface area contributed by atoms with E-state index in [4.69, 9.17) is 40.5 Å². The summed E-state index contributed by atoms with van der Waals surface area (Å²) in [5.41, 5.74) is -0.227. The van der Waals surface area contributed by atoms with Gasteiger partial charge < -0.3 is 34.3 Å². The lowest BCUT2D eigenvalue weighted by Gasteiger charge is -2.35. The Labute approximate surface area is 385 Å². The SMILES string of the molecule is CC[C@@H]1C[C@]1(CC(=O)[C@@H]1C[C@@H](Oc2cc(-c3csc(NC(C)C)n3)nc3c(Cl)c(OCCN4CC[C@@H](OC)C4)ccc23)CN1C(=O)[C@@H](CC(=O)OC1C[C@@H]2C[C@@H]2C1)C(C)(C)C)C(=O)O. The lowest BCUT2D eigenvalue weighted by Crippen LogP contribution is -2.48. The van der Waals surface area contributed by atoms with Crippen LogP contribution in [0.3, 0.4) is 0 Å². The summed E-state index contributed by atoms with van der Waals surface area (Å²) in [5.74, 6) is -0.791. The first kappa shape index (κ1) is 46.5. The molecule has 64 heavy (non-hydrogen) atoms. The lowest BCUT2D eigenvalue weighted by molar-refractivity contribution is -0.157. The zero-order valence-electron chi connectivity index (χ0n) is 38.2. The molecular weight excluding hydrogens is 858 g/mol. The van der Waals surface area contributed by atoms with E-state index in [-0.39, 0.29) is 61.7 Å². The van der Waals surface area contributed by atoms with Crippen LogP contribution in [-0.2, 0) is 28.7 Å². The number of likely N-dealkylation sites (tertiary alicyclic amines) is 2. The van der Waals surface area contributed by atoms with Crippen LogP contribution in [0.4, 0.5) is 5.13 Å². The third kappa shape index (κ3) is 10.0. The number of hydrogen-bond donors (Lipinski definition) is 2. The number of amides is 1. The highest BCUT2D eigenvalue weighted by atomic mass is 35.5. The molecule has 2 saturated heterocycles. The van der Waals surface area contributed by atoms with E-state index >= 15 is 0 Å². The van der Waals surface area contributed by atoms with Crippen molar-refractivity contribution in [1.82, 2.24) is 19.8 Å². The van der Waals surface area contributed by atoms with E-state index < -0.39 is 40.8 Å². The number of anilines is 1. The molecule has 5 fully saturated rings. The molecule has 8 rings (SSSR count). The van der Waals surface area contributed by atoms with Crippen LogP contribution in [0.15, 0.2) is 23.6 Å². The fraction of sp³-hybridized carbons (Fsp3) is 0.667. The number of methoxy groups -OCH3 is 1. The smallest absolute Gasteiger partial charge is 0.310 e. The number of rotatable bonds is 19. The van der Waals surface area contributed by atoms with Crippen LogP contribution in [-0.4, -0.2) is 119 Å². The minimum Gasteiger partial charge on any atom is -0.491 e. The van der Waals surface area contributed by atoms with Gasteiger partial charge in [0, 0.05) is 62.5 Å².